The van der Waals surface area contributed by atoms with Gasteiger partial charge in [-0.3, -0.25) is 14.9 Å². The number of hydrogen-bond donors (Lipinski definition) is 1. The molecule has 0 aliphatic heterocycles. The third-order valence-corrected chi connectivity index (χ3v) is 3.32. The van der Waals surface area contributed by atoms with E-state index in [-0.39, 0.29) is 11.6 Å². The van der Waals surface area contributed by atoms with Gasteiger partial charge >= 0.3 is 0 Å². The summed E-state index contributed by atoms with van der Waals surface area (Å²) < 4.78 is 10.7. The quantitative estimate of drug-likeness (QED) is 0.622. The average molecular weight is 330 g/mol. The number of hydrogen-bond acceptors (Lipinski definition) is 5. The van der Waals surface area contributed by atoms with Crippen molar-refractivity contribution < 1.29 is 19.2 Å². The number of ether oxygens (including phenoxy) is 2. The summed E-state index contributed by atoms with van der Waals surface area (Å²) in [5.41, 5.74) is 1.16. The zero-order valence-electron chi connectivity index (χ0n) is 13.4. The fourth-order valence-corrected chi connectivity index (χ4v) is 2.12. The highest BCUT2D eigenvalue weighted by Gasteiger charge is 2.10. The van der Waals surface area contributed by atoms with E-state index in [1.807, 2.05) is 13.0 Å². The fraction of sp³-hybridized carbons (Fsp3) is 0.235. The predicted octanol–water partition coefficient (Wildman–Crippen LogP) is 2.93. The van der Waals surface area contributed by atoms with E-state index in [1.165, 1.54) is 24.3 Å². The van der Waals surface area contributed by atoms with Crippen LogP contribution in [0.4, 0.5) is 5.69 Å². The van der Waals surface area contributed by atoms with Gasteiger partial charge in [0.1, 0.15) is 0 Å². The van der Waals surface area contributed by atoms with E-state index in [0.29, 0.717) is 30.2 Å². The number of amides is 1. The molecule has 0 spiro atoms. The number of nitrogens with zero attached hydrogens (tertiary/aromatic N) is 1. The predicted molar refractivity (Wildman–Crippen MR) is 88.4 cm³/mol. The first kappa shape index (κ1) is 17.3. The average Bonchev–Trinajstić information content (AvgIpc) is 2.60. The Labute approximate surface area is 139 Å². The molecule has 0 aliphatic carbocycles. The van der Waals surface area contributed by atoms with Crippen molar-refractivity contribution in [2.24, 2.45) is 0 Å². The van der Waals surface area contributed by atoms with Crippen molar-refractivity contribution in [2.75, 3.05) is 13.7 Å². The molecule has 24 heavy (non-hydrogen) atoms. The zero-order chi connectivity index (χ0) is 17.5. The Morgan fingerprint density at radius 2 is 1.88 bits per heavy atom. The molecule has 0 saturated carbocycles. The van der Waals surface area contributed by atoms with Crippen molar-refractivity contribution in [1.82, 2.24) is 5.32 Å². The van der Waals surface area contributed by atoms with E-state index in [2.05, 4.69) is 5.32 Å². The van der Waals surface area contributed by atoms with E-state index in [0.717, 1.165) is 5.56 Å². The molecular formula is C17H18N2O5. The topological polar surface area (TPSA) is 90.7 Å². The summed E-state index contributed by atoms with van der Waals surface area (Å²) in [5, 5.41) is 13.4. The van der Waals surface area contributed by atoms with Crippen molar-refractivity contribution >= 4 is 11.6 Å². The van der Waals surface area contributed by atoms with Crippen LogP contribution in [0.3, 0.4) is 0 Å². The molecule has 0 saturated heterocycles. The Morgan fingerprint density at radius 1 is 1.17 bits per heavy atom. The number of methoxy groups -OCH3 is 1. The van der Waals surface area contributed by atoms with Crippen LogP contribution in [-0.2, 0) is 6.54 Å². The summed E-state index contributed by atoms with van der Waals surface area (Å²) >= 11 is 0. The Bertz CT molecular complexity index is 728. The van der Waals surface area contributed by atoms with Crippen LogP contribution in [0.1, 0.15) is 22.8 Å². The van der Waals surface area contributed by atoms with Gasteiger partial charge in [0.25, 0.3) is 11.6 Å². The standard InChI is InChI=1S/C17H18N2O5/c1-3-24-16-10-12(4-9-15(16)23-2)11-18-17(20)13-5-7-14(8-6-13)19(21)22/h4-10H,3,11H2,1-2H3,(H,18,20). The van der Waals surface area contributed by atoms with Gasteiger partial charge in [0.15, 0.2) is 11.5 Å². The molecule has 2 aromatic carbocycles. The largest absolute Gasteiger partial charge is 0.493 e. The Hall–Kier alpha value is -3.09. The molecule has 0 atom stereocenters. The van der Waals surface area contributed by atoms with Gasteiger partial charge in [-0.25, -0.2) is 0 Å². The Morgan fingerprint density at radius 3 is 2.46 bits per heavy atom. The van der Waals surface area contributed by atoms with Crippen LogP contribution in [0.25, 0.3) is 0 Å². The van der Waals surface area contributed by atoms with Crippen LogP contribution in [0.15, 0.2) is 42.5 Å². The molecule has 0 fully saturated rings. The van der Waals surface area contributed by atoms with Crippen LogP contribution in [0, 0.1) is 10.1 Å². The molecule has 2 rings (SSSR count). The van der Waals surface area contributed by atoms with E-state index in [4.69, 9.17) is 9.47 Å². The molecule has 2 aromatic rings. The highest BCUT2D eigenvalue weighted by atomic mass is 16.6. The number of nitrogens with one attached hydrogen (secondary N) is 1. The summed E-state index contributed by atoms with van der Waals surface area (Å²) in [5.74, 6) is 0.933. The van der Waals surface area contributed by atoms with Crippen LogP contribution in [0.2, 0.25) is 0 Å². The van der Waals surface area contributed by atoms with E-state index < -0.39 is 4.92 Å². The summed E-state index contributed by atoms with van der Waals surface area (Å²) in [6.45, 7) is 2.69. The molecule has 0 aromatic heterocycles. The molecule has 0 radical (unpaired) electrons. The maximum absolute atomic E-state index is 12.1. The number of rotatable bonds is 7. The normalized spacial score (nSPS) is 10.1. The smallest absolute Gasteiger partial charge is 0.269 e. The summed E-state index contributed by atoms with van der Waals surface area (Å²) in [6.07, 6.45) is 0. The minimum absolute atomic E-state index is 0.0527. The van der Waals surface area contributed by atoms with Crippen LogP contribution in [0.5, 0.6) is 11.5 Å². The van der Waals surface area contributed by atoms with Gasteiger partial charge in [0, 0.05) is 24.2 Å². The minimum Gasteiger partial charge on any atom is -0.493 e. The maximum atomic E-state index is 12.1. The molecule has 0 aliphatic rings. The molecule has 126 valence electrons. The number of non-ortho nitro benzene ring substituents is 1. The van der Waals surface area contributed by atoms with Crippen molar-refractivity contribution in [3.8, 4) is 11.5 Å². The summed E-state index contributed by atoms with van der Waals surface area (Å²) in [7, 11) is 1.56. The third-order valence-electron chi connectivity index (χ3n) is 3.32. The molecule has 0 bridgehead atoms. The van der Waals surface area contributed by atoms with Gasteiger partial charge in [-0.2, -0.15) is 0 Å². The van der Waals surface area contributed by atoms with Crippen LogP contribution in [-0.4, -0.2) is 24.5 Å². The van der Waals surface area contributed by atoms with Crippen LogP contribution < -0.4 is 14.8 Å². The van der Waals surface area contributed by atoms with Gasteiger partial charge in [-0.1, -0.05) is 6.07 Å². The number of benzene rings is 2. The lowest BCUT2D eigenvalue weighted by Crippen LogP contribution is -2.22. The lowest BCUT2D eigenvalue weighted by Gasteiger charge is -2.11. The Kier molecular flexibility index (Phi) is 5.73. The van der Waals surface area contributed by atoms with E-state index in [1.54, 1.807) is 19.2 Å². The molecule has 7 heteroatoms. The van der Waals surface area contributed by atoms with Crippen molar-refractivity contribution in [3.05, 3.63) is 63.7 Å². The highest BCUT2D eigenvalue weighted by molar-refractivity contribution is 5.94. The lowest BCUT2D eigenvalue weighted by molar-refractivity contribution is -0.384. The van der Waals surface area contributed by atoms with Gasteiger partial charge in [-0.05, 0) is 36.8 Å². The number of nitro benzene ring substituents is 1. The van der Waals surface area contributed by atoms with E-state index in [9.17, 15) is 14.9 Å². The molecule has 0 heterocycles. The Balaban J connectivity index is 2.03. The van der Waals surface area contributed by atoms with Crippen molar-refractivity contribution in [2.45, 2.75) is 13.5 Å². The number of nitro groups is 1. The lowest BCUT2D eigenvalue weighted by atomic mass is 10.1. The second-order valence-corrected chi connectivity index (χ2v) is 4.90. The van der Waals surface area contributed by atoms with Crippen molar-refractivity contribution in [1.29, 1.82) is 0 Å². The molecule has 0 unspecified atom stereocenters. The summed E-state index contributed by atoms with van der Waals surface area (Å²) in [6, 6.07) is 10.9. The van der Waals surface area contributed by atoms with Crippen LogP contribution >= 0.6 is 0 Å². The monoisotopic (exact) mass is 330 g/mol. The molecule has 1 N–H and O–H groups in total. The fourth-order valence-electron chi connectivity index (χ4n) is 2.12. The number of carbonyl (C=O) groups excluding carboxylic acids is 1. The molecule has 7 nitrogen and oxygen atoms in total. The second kappa shape index (κ2) is 7.96. The first-order valence-corrected chi connectivity index (χ1v) is 7.37. The van der Waals surface area contributed by atoms with Gasteiger partial charge in [0.2, 0.25) is 0 Å². The number of carbonyl (C=O) groups is 1. The molecule has 1 amide bonds. The second-order valence-electron chi connectivity index (χ2n) is 4.90. The first-order valence-electron chi connectivity index (χ1n) is 7.37. The van der Waals surface area contributed by atoms with E-state index >= 15 is 0 Å². The first-order chi connectivity index (χ1) is 11.5. The van der Waals surface area contributed by atoms with Gasteiger partial charge in [0.05, 0.1) is 18.6 Å². The molecular weight excluding hydrogens is 312 g/mol. The van der Waals surface area contributed by atoms with Gasteiger partial charge in [-0.15, -0.1) is 0 Å². The minimum atomic E-state index is -0.506. The summed E-state index contributed by atoms with van der Waals surface area (Å²) in [4.78, 5) is 22.2. The SMILES string of the molecule is CCOc1cc(CNC(=O)c2ccc([N+](=O)[O-])cc2)ccc1OC. The third kappa shape index (κ3) is 4.22. The zero-order valence-corrected chi connectivity index (χ0v) is 13.4. The van der Waals surface area contributed by atoms with Gasteiger partial charge < -0.3 is 14.8 Å². The van der Waals surface area contributed by atoms with Crippen molar-refractivity contribution in [3.63, 3.8) is 0 Å². The highest BCUT2D eigenvalue weighted by Crippen LogP contribution is 2.28. The maximum Gasteiger partial charge on any atom is 0.269 e.